The molecule has 0 radical (unpaired) electrons. The van der Waals surface area contributed by atoms with Crippen LogP contribution in [0.15, 0.2) is 29.3 Å². The maximum absolute atomic E-state index is 9.55. The Morgan fingerprint density at radius 3 is 3.00 bits per heavy atom. The first-order valence-electron chi connectivity index (χ1n) is 9.49. The number of furan rings is 1. The first-order chi connectivity index (χ1) is 12.8. The van der Waals surface area contributed by atoms with Crippen molar-refractivity contribution in [3.05, 3.63) is 41.7 Å². The topological polar surface area (TPSA) is 77.7 Å². The summed E-state index contributed by atoms with van der Waals surface area (Å²) in [7, 11) is 0. The molecule has 7 nitrogen and oxygen atoms in total. The van der Waals surface area contributed by atoms with E-state index in [0.717, 1.165) is 64.3 Å². The molecule has 0 aromatic carbocycles. The predicted octanol–water partition coefficient (Wildman–Crippen LogP) is 0.831. The van der Waals surface area contributed by atoms with Gasteiger partial charge in [-0.1, -0.05) is 0 Å². The number of hydrogen-bond acceptors (Lipinski definition) is 7. The van der Waals surface area contributed by atoms with Crippen LogP contribution in [0.3, 0.4) is 0 Å². The van der Waals surface area contributed by atoms with Gasteiger partial charge in [0, 0.05) is 62.9 Å². The molecule has 0 bridgehead atoms. The Balaban J connectivity index is 1.52. The molecule has 0 aliphatic carbocycles. The van der Waals surface area contributed by atoms with Crippen molar-refractivity contribution in [1.82, 2.24) is 20.2 Å². The summed E-state index contributed by atoms with van der Waals surface area (Å²) in [5.74, 6) is 1.09. The number of nitrogens with zero attached hydrogens (tertiary/aromatic N) is 4. The summed E-state index contributed by atoms with van der Waals surface area (Å²) in [5.41, 5.74) is 3.66. The Labute approximate surface area is 154 Å². The van der Waals surface area contributed by atoms with Crippen LogP contribution in [0.1, 0.15) is 23.2 Å². The van der Waals surface area contributed by atoms with Gasteiger partial charge in [0.15, 0.2) is 0 Å². The molecule has 4 heterocycles. The minimum absolute atomic E-state index is 0.201. The highest BCUT2D eigenvalue weighted by Gasteiger charge is 2.29. The van der Waals surface area contributed by atoms with Gasteiger partial charge in [0.05, 0.1) is 18.2 Å². The highest BCUT2D eigenvalue weighted by atomic mass is 16.3. The van der Waals surface area contributed by atoms with E-state index >= 15 is 0 Å². The third kappa shape index (κ3) is 3.75. The zero-order chi connectivity index (χ0) is 17.8. The quantitative estimate of drug-likeness (QED) is 0.821. The molecule has 2 aliphatic rings. The lowest BCUT2D eigenvalue weighted by molar-refractivity contribution is 0.135. The van der Waals surface area contributed by atoms with E-state index < -0.39 is 0 Å². The maximum atomic E-state index is 9.55. The fourth-order valence-corrected chi connectivity index (χ4v) is 4.06. The normalized spacial score (nSPS) is 21.4. The molecule has 0 saturated carbocycles. The molecule has 0 spiro atoms. The Morgan fingerprint density at radius 2 is 2.15 bits per heavy atom. The number of rotatable bonds is 5. The van der Waals surface area contributed by atoms with E-state index in [9.17, 15) is 5.11 Å². The van der Waals surface area contributed by atoms with Gasteiger partial charge in [-0.25, -0.2) is 9.97 Å². The van der Waals surface area contributed by atoms with E-state index in [1.807, 2.05) is 6.07 Å². The van der Waals surface area contributed by atoms with Gasteiger partial charge in [0.1, 0.15) is 12.1 Å². The molecule has 2 aliphatic heterocycles. The molecule has 140 valence electrons. The van der Waals surface area contributed by atoms with E-state index in [2.05, 4.69) is 25.1 Å². The van der Waals surface area contributed by atoms with Crippen molar-refractivity contribution in [2.75, 3.05) is 44.2 Å². The van der Waals surface area contributed by atoms with Crippen LogP contribution in [-0.2, 0) is 19.4 Å². The molecule has 0 amide bonds. The number of anilines is 1. The van der Waals surface area contributed by atoms with E-state index in [1.165, 1.54) is 16.8 Å². The van der Waals surface area contributed by atoms with Crippen molar-refractivity contribution in [2.45, 2.75) is 31.8 Å². The molecule has 2 N–H and O–H groups in total. The fraction of sp³-hybridized carbons (Fsp3) is 0.579. The molecule has 0 unspecified atom stereocenters. The van der Waals surface area contributed by atoms with Crippen LogP contribution in [0.4, 0.5) is 5.82 Å². The maximum Gasteiger partial charge on any atom is 0.135 e. The van der Waals surface area contributed by atoms with Crippen molar-refractivity contribution in [3.63, 3.8) is 0 Å². The van der Waals surface area contributed by atoms with Crippen LogP contribution in [0.2, 0.25) is 0 Å². The van der Waals surface area contributed by atoms with Crippen molar-refractivity contribution < 1.29 is 9.52 Å². The number of nitrogens with one attached hydrogen (secondary N) is 1. The van der Waals surface area contributed by atoms with Gasteiger partial charge in [-0.2, -0.15) is 0 Å². The van der Waals surface area contributed by atoms with E-state index in [-0.39, 0.29) is 6.61 Å². The van der Waals surface area contributed by atoms with Crippen molar-refractivity contribution in [2.24, 2.45) is 0 Å². The number of aliphatic hydroxyl groups excluding tert-OH is 1. The number of piperazine rings is 1. The number of aliphatic hydroxyl groups is 1. The summed E-state index contributed by atoms with van der Waals surface area (Å²) >= 11 is 0. The average molecular weight is 357 g/mol. The van der Waals surface area contributed by atoms with Gasteiger partial charge >= 0.3 is 0 Å². The molecular weight excluding hydrogens is 330 g/mol. The van der Waals surface area contributed by atoms with Crippen LogP contribution < -0.4 is 10.2 Å². The third-order valence-electron chi connectivity index (χ3n) is 5.43. The number of fused-ring (bicyclic) bond motifs is 1. The largest absolute Gasteiger partial charge is 0.472 e. The second-order valence-electron chi connectivity index (χ2n) is 7.09. The van der Waals surface area contributed by atoms with Gasteiger partial charge in [-0.15, -0.1) is 0 Å². The molecule has 1 saturated heterocycles. The smallest absolute Gasteiger partial charge is 0.135 e. The summed E-state index contributed by atoms with van der Waals surface area (Å²) in [6.07, 6.45) is 7.94. The van der Waals surface area contributed by atoms with Crippen molar-refractivity contribution >= 4 is 5.82 Å². The highest BCUT2D eigenvalue weighted by molar-refractivity contribution is 5.50. The lowest BCUT2D eigenvalue weighted by Crippen LogP contribution is -2.53. The fourth-order valence-electron chi connectivity index (χ4n) is 4.06. The Kier molecular flexibility index (Phi) is 5.48. The van der Waals surface area contributed by atoms with E-state index in [0.29, 0.717) is 6.04 Å². The molecule has 2 aromatic heterocycles. The second kappa shape index (κ2) is 8.16. The Hall–Kier alpha value is -1.96. The van der Waals surface area contributed by atoms with E-state index in [4.69, 9.17) is 4.42 Å². The third-order valence-corrected chi connectivity index (χ3v) is 5.43. The van der Waals surface area contributed by atoms with Gasteiger partial charge in [0.25, 0.3) is 0 Å². The van der Waals surface area contributed by atoms with Gasteiger partial charge in [-0.3, -0.25) is 4.90 Å². The summed E-state index contributed by atoms with van der Waals surface area (Å²) in [6, 6.07) is 2.32. The molecule has 1 fully saturated rings. The minimum Gasteiger partial charge on any atom is -0.472 e. The van der Waals surface area contributed by atoms with Gasteiger partial charge < -0.3 is 19.7 Å². The monoisotopic (exact) mass is 357 g/mol. The highest BCUT2D eigenvalue weighted by Crippen LogP contribution is 2.26. The summed E-state index contributed by atoms with van der Waals surface area (Å²) in [4.78, 5) is 14.0. The van der Waals surface area contributed by atoms with Crippen molar-refractivity contribution in [1.29, 1.82) is 0 Å². The van der Waals surface area contributed by atoms with Crippen LogP contribution in [-0.4, -0.2) is 65.3 Å². The van der Waals surface area contributed by atoms with Crippen LogP contribution in [0, 0.1) is 0 Å². The van der Waals surface area contributed by atoms with Crippen molar-refractivity contribution in [3.8, 4) is 0 Å². The predicted molar refractivity (Wildman–Crippen MR) is 99.1 cm³/mol. The zero-order valence-electron chi connectivity index (χ0n) is 15.1. The lowest BCUT2D eigenvalue weighted by atomic mass is 10.1. The number of hydrogen-bond donors (Lipinski definition) is 2. The van der Waals surface area contributed by atoms with E-state index in [1.54, 1.807) is 18.9 Å². The summed E-state index contributed by atoms with van der Waals surface area (Å²) in [6.45, 7) is 5.80. The second-order valence-corrected chi connectivity index (χ2v) is 7.09. The Bertz CT molecular complexity index is 706. The SMILES string of the molecule is OCC[C@H]1CN(c2ncnc3c2CCNCC3)CCN1Cc1ccoc1. The van der Waals surface area contributed by atoms with Crippen LogP contribution in [0.5, 0.6) is 0 Å². The first-order valence-corrected chi connectivity index (χ1v) is 9.49. The minimum atomic E-state index is 0.201. The lowest BCUT2D eigenvalue weighted by Gasteiger charge is -2.42. The molecule has 4 rings (SSSR count). The molecule has 2 aromatic rings. The number of aromatic nitrogens is 2. The molecule has 1 atom stereocenters. The average Bonchev–Trinajstić information content (AvgIpc) is 3.05. The molecule has 7 heteroatoms. The first kappa shape index (κ1) is 17.5. The zero-order valence-corrected chi connectivity index (χ0v) is 15.1. The van der Waals surface area contributed by atoms with Gasteiger partial charge in [0.2, 0.25) is 0 Å². The Morgan fingerprint density at radius 1 is 1.23 bits per heavy atom. The summed E-state index contributed by atoms with van der Waals surface area (Å²) < 4.78 is 5.21. The summed E-state index contributed by atoms with van der Waals surface area (Å²) in [5, 5.41) is 13.0. The molecular formula is C19H27N5O2. The standard InChI is InChI=1S/C19H27N5O2/c25-9-3-16-12-24(8-7-23(16)11-15-4-10-26-13-15)19-17-1-5-20-6-2-18(17)21-14-22-19/h4,10,13-14,16,20,25H,1-3,5-9,11-12H2/t16-/m0/s1. The van der Waals surface area contributed by atoms with Crippen LogP contribution in [0.25, 0.3) is 0 Å². The van der Waals surface area contributed by atoms with Crippen LogP contribution >= 0.6 is 0 Å². The molecule has 26 heavy (non-hydrogen) atoms. The van der Waals surface area contributed by atoms with Gasteiger partial charge in [-0.05, 0) is 25.5 Å².